The van der Waals surface area contributed by atoms with Crippen LogP contribution in [-0.2, 0) is 10.0 Å². The molecule has 2 amide bonds. The van der Waals surface area contributed by atoms with E-state index in [1.165, 1.54) is 15.3 Å². The van der Waals surface area contributed by atoms with Crippen molar-refractivity contribution in [1.29, 1.82) is 0 Å². The predicted octanol–water partition coefficient (Wildman–Crippen LogP) is 4.02. The number of amides is 2. The minimum atomic E-state index is -3.94. The van der Waals surface area contributed by atoms with E-state index < -0.39 is 22.2 Å². The number of aliphatic hydroxyl groups is 1. The van der Waals surface area contributed by atoms with Gasteiger partial charge in [-0.3, -0.25) is 0 Å². The number of nitrogens with zero attached hydrogens (tertiary/aromatic N) is 2. The minimum Gasteiger partial charge on any atom is -0.487 e. The quantitative estimate of drug-likeness (QED) is 0.553. The van der Waals surface area contributed by atoms with Gasteiger partial charge in [0.25, 0.3) is 0 Å². The molecule has 0 radical (unpaired) electrons. The standard InChI is InChI=1S/C28H37N3O5S/c1-20(2)10-9-11-23-14-15-27-25(16-23)36-26(21(3)17-31(22(4)19-32)37(27,34)35)18-30(5)28(33)29-24-12-7-6-8-13-24/h6-8,12-16,20-22,26,32H,10,17-19H2,1-5H3,(H,29,33)/t21-,22+,26-/m0/s1. The van der Waals surface area contributed by atoms with Crippen molar-refractivity contribution in [3.8, 4) is 17.6 Å². The third kappa shape index (κ3) is 7.25. The zero-order chi connectivity index (χ0) is 27.2. The molecule has 0 saturated carbocycles. The predicted molar refractivity (Wildman–Crippen MR) is 145 cm³/mol. The van der Waals surface area contributed by atoms with Gasteiger partial charge in [-0.15, -0.1) is 0 Å². The third-order valence-electron chi connectivity index (χ3n) is 6.24. The fraction of sp³-hybridized carbons (Fsp3) is 0.464. The van der Waals surface area contributed by atoms with Gasteiger partial charge in [0, 0.05) is 43.2 Å². The first-order chi connectivity index (χ1) is 17.5. The van der Waals surface area contributed by atoms with Gasteiger partial charge in [-0.2, -0.15) is 4.31 Å². The summed E-state index contributed by atoms with van der Waals surface area (Å²) in [5.74, 6) is 6.55. The Balaban J connectivity index is 1.95. The SMILES string of the molecule is CC(C)CC#Cc1ccc2c(c1)O[C@@H](CN(C)C(=O)Nc1ccccc1)[C@@H](C)CN([C@H](C)CO)S2(=O)=O. The average molecular weight is 528 g/mol. The van der Waals surface area contributed by atoms with E-state index in [0.29, 0.717) is 17.2 Å². The van der Waals surface area contributed by atoms with Gasteiger partial charge in [0.15, 0.2) is 0 Å². The Labute approximate surface area is 220 Å². The molecule has 0 unspecified atom stereocenters. The number of ether oxygens (including phenoxy) is 1. The van der Waals surface area contributed by atoms with Crippen LogP contribution >= 0.6 is 0 Å². The molecule has 0 fully saturated rings. The second-order valence-corrected chi connectivity index (χ2v) is 11.8. The molecule has 37 heavy (non-hydrogen) atoms. The summed E-state index contributed by atoms with van der Waals surface area (Å²) in [5.41, 5.74) is 1.33. The smallest absolute Gasteiger partial charge is 0.321 e. The lowest BCUT2D eigenvalue weighted by molar-refractivity contribution is 0.0830. The topological polar surface area (TPSA) is 99.2 Å². The third-order valence-corrected chi connectivity index (χ3v) is 8.26. The van der Waals surface area contributed by atoms with Crippen LogP contribution in [-0.4, -0.2) is 67.7 Å². The van der Waals surface area contributed by atoms with E-state index in [0.717, 1.165) is 6.42 Å². The molecule has 0 bridgehead atoms. The van der Waals surface area contributed by atoms with Crippen LogP contribution < -0.4 is 10.1 Å². The average Bonchev–Trinajstić information content (AvgIpc) is 2.86. The summed E-state index contributed by atoms with van der Waals surface area (Å²) in [6.45, 7) is 7.77. The number of carbonyl (C=O) groups is 1. The number of urea groups is 1. The van der Waals surface area contributed by atoms with Gasteiger partial charge < -0.3 is 20.1 Å². The number of fused-ring (bicyclic) bond motifs is 1. The first-order valence-electron chi connectivity index (χ1n) is 12.5. The fourth-order valence-corrected chi connectivity index (χ4v) is 5.80. The van der Waals surface area contributed by atoms with Crippen molar-refractivity contribution in [2.24, 2.45) is 11.8 Å². The second-order valence-electron chi connectivity index (χ2n) is 9.98. The van der Waals surface area contributed by atoms with E-state index in [-0.39, 0.29) is 42.3 Å². The molecule has 2 aromatic carbocycles. The summed E-state index contributed by atoms with van der Waals surface area (Å²) in [7, 11) is -2.27. The summed E-state index contributed by atoms with van der Waals surface area (Å²) in [5, 5.41) is 12.7. The number of nitrogens with one attached hydrogen (secondary N) is 1. The molecule has 2 aromatic rings. The van der Waals surface area contributed by atoms with Crippen molar-refractivity contribution in [3.63, 3.8) is 0 Å². The molecule has 200 valence electrons. The van der Waals surface area contributed by atoms with Crippen molar-refractivity contribution >= 4 is 21.7 Å². The van der Waals surface area contributed by atoms with Crippen molar-refractivity contribution in [3.05, 3.63) is 54.1 Å². The van der Waals surface area contributed by atoms with Crippen LogP contribution in [0.25, 0.3) is 0 Å². The van der Waals surface area contributed by atoms with E-state index in [9.17, 15) is 18.3 Å². The molecule has 2 N–H and O–H groups in total. The van der Waals surface area contributed by atoms with E-state index >= 15 is 0 Å². The lowest BCUT2D eigenvalue weighted by atomic mass is 10.0. The van der Waals surface area contributed by atoms with E-state index in [1.807, 2.05) is 25.1 Å². The second kappa shape index (κ2) is 12.5. The maximum Gasteiger partial charge on any atom is 0.321 e. The zero-order valence-electron chi connectivity index (χ0n) is 22.1. The van der Waals surface area contributed by atoms with Crippen molar-refractivity contribution in [1.82, 2.24) is 9.21 Å². The molecule has 1 aliphatic heterocycles. The fourth-order valence-electron chi connectivity index (χ4n) is 3.97. The minimum absolute atomic E-state index is 0.0236. The van der Waals surface area contributed by atoms with Crippen LogP contribution in [0.15, 0.2) is 53.4 Å². The van der Waals surface area contributed by atoms with E-state index in [2.05, 4.69) is 31.0 Å². The highest BCUT2D eigenvalue weighted by Crippen LogP contribution is 2.34. The van der Waals surface area contributed by atoms with E-state index in [1.54, 1.807) is 38.2 Å². The van der Waals surface area contributed by atoms with Gasteiger partial charge in [0.05, 0.1) is 13.2 Å². The Bertz CT molecular complexity index is 1240. The van der Waals surface area contributed by atoms with Crippen LogP contribution in [0.3, 0.4) is 0 Å². The van der Waals surface area contributed by atoms with Crippen molar-refractivity contribution < 1.29 is 23.1 Å². The summed E-state index contributed by atoms with van der Waals surface area (Å²) in [6.07, 6.45) is 0.215. The molecule has 0 aliphatic carbocycles. The molecular formula is C28H37N3O5S. The first-order valence-corrected chi connectivity index (χ1v) is 14.0. The molecular weight excluding hydrogens is 490 g/mol. The molecule has 0 saturated heterocycles. The summed E-state index contributed by atoms with van der Waals surface area (Å²) < 4.78 is 34.9. The molecule has 8 nitrogen and oxygen atoms in total. The molecule has 1 aliphatic rings. The number of para-hydroxylation sites is 1. The van der Waals surface area contributed by atoms with Crippen LogP contribution in [0.4, 0.5) is 10.5 Å². The lowest BCUT2D eigenvalue weighted by Crippen LogP contribution is -2.50. The van der Waals surface area contributed by atoms with Crippen LogP contribution in [0.1, 0.15) is 39.7 Å². The summed E-state index contributed by atoms with van der Waals surface area (Å²) in [6, 6.07) is 13.1. The van der Waals surface area contributed by atoms with Gasteiger partial charge >= 0.3 is 6.03 Å². The number of rotatable bonds is 6. The largest absolute Gasteiger partial charge is 0.487 e. The maximum atomic E-state index is 13.6. The Kier molecular flexibility index (Phi) is 9.60. The number of sulfonamides is 1. The molecule has 3 rings (SSSR count). The number of carbonyl (C=O) groups excluding carboxylic acids is 1. The molecule has 0 spiro atoms. The van der Waals surface area contributed by atoms with Crippen LogP contribution in [0, 0.1) is 23.7 Å². The lowest BCUT2D eigenvalue weighted by Gasteiger charge is -2.37. The van der Waals surface area contributed by atoms with Gasteiger partial charge in [-0.1, -0.05) is 50.8 Å². The van der Waals surface area contributed by atoms with Crippen molar-refractivity contribution in [2.75, 3.05) is 32.1 Å². The Morgan fingerprint density at radius 2 is 1.92 bits per heavy atom. The summed E-state index contributed by atoms with van der Waals surface area (Å²) >= 11 is 0. The van der Waals surface area contributed by atoms with E-state index in [4.69, 9.17) is 4.74 Å². The maximum absolute atomic E-state index is 13.6. The normalized spacial score (nSPS) is 19.9. The number of hydrogen-bond donors (Lipinski definition) is 2. The highest BCUT2D eigenvalue weighted by Gasteiger charge is 2.38. The van der Waals surface area contributed by atoms with Crippen molar-refractivity contribution in [2.45, 2.75) is 51.2 Å². The first kappa shape index (κ1) is 28.5. The number of benzene rings is 2. The molecule has 0 aromatic heterocycles. The molecule has 9 heteroatoms. The van der Waals surface area contributed by atoms with Gasteiger partial charge in [0.1, 0.15) is 16.7 Å². The van der Waals surface area contributed by atoms with Crippen LogP contribution in [0.2, 0.25) is 0 Å². The molecule has 3 atom stereocenters. The Morgan fingerprint density at radius 3 is 2.57 bits per heavy atom. The molecule has 1 heterocycles. The Morgan fingerprint density at radius 1 is 1.22 bits per heavy atom. The highest BCUT2D eigenvalue weighted by molar-refractivity contribution is 7.89. The van der Waals surface area contributed by atoms with Gasteiger partial charge in [0.2, 0.25) is 10.0 Å². The van der Waals surface area contributed by atoms with Gasteiger partial charge in [-0.25, -0.2) is 13.2 Å². The van der Waals surface area contributed by atoms with Gasteiger partial charge in [-0.05, 0) is 43.2 Å². The summed E-state index contributed by atoms with van der Waals surface area (Å²) in [4.78, 5) is 14.4. The number of aliphatic hydroxyl groups excluding tert-OH is 1. The zero-order valence-corrected chi connectivity index (χ0v) is 23.0. The number of hydrogen-bond acceptors (Lipinski definition) is 5. The number of likely N-dealkylation sites (N-methyl/N-ethyl adjacent to an activating group) is 1. The van der Waals surface area contributed by atoms with Crippen LogP contribution in [0.5, 0.6) is 5.75 Å². The number of anilines is 1. The Hall–Kier alpha value is -3.06. The highest BCUT2D eigenvalue weighted by atomic mass is 32.2. The monoisotopic (exact) mass is 527 g/mol.